The van der Waals surface area contributed by atoms with Crippen LogP contribution in [0.1, 0.15) is 29.5 Å². The van der Waals surface area contributed by atoms with Gasteiger partial charge in [-0.15, -0.1) is 0 Å². The highest BCUT2D eigenvalue weighted by atomic mass is 16.5. The van der Waals surface area contributed by atoms with Crippen molar-refractivity contribution in [3.63, 3.8) is 0 Å². The summed E-state index contributed by atoms with van der Waals surface area (Å²) in [7, 11) is 3.22. The predicted molar refractivity (Wildman–Crippen MR) is 69.6 cm³/mol. The maximum Gasteiger partial charge on any atom is 0.303 e. The lowest BCUT2D eigenvalue weighted by atomic mass is 9.96. The molecule has 0 aliphatic carbocycles. The molecule has 4 nitrogen and oxygen atoms in total. The maximum atomic E-state index is 10.5. The van der Waals surface area contributed by atoms with Crippen LogP contribution >= 0.6 is 0 Å². The average molecular weight is 252 g/mol. The first kappa shape index (κ1) is 14.4. The second-order valence-corrected chi connectivity index (χ2v) is 4.28. The molecular weight excluding hydrogens is 232 g/mol. The lowest BCUT2D eigenvalue weighted by Gasteiger charge is -2.16. The number of carbonyl (C=O) groups is 1. The number of hydrogen-bond acceptors (Lipinski definition) is 3. The van der Waals surface area contributed by atoms with E-state index in [0.29, 0.717) is 6.42 Å². The highest BCUT2D eigenvalue weighted by molar-refractivity contribution is 5.66. The van der Waals surface area contributed by atoms with Crippen LogP contribution in [0.15, 0.2) is 6.07 Å². The van der Waals surface area contributed by atoms with Gasteiger partial charge in [0.2, 0.25) is 0 Å². The Morgan fingerprint density at radius 2 is 1.94 bits per heavy atom. The third kappa shape index (κ3) is 3.15. The molecule has 1 rings (SSSR count). The van der Waals surface area contributed by atoms with E-state index in [4.69, 9.17) is 14.6 Å². The minimum atomic E-state index is -0.759. The molecule has 0 amide bonds. The van der Waals surface area contributed by atoms with E-state index in [2.05, 4.69) is 0 Å². The van der Waals surface area contributed by atoms with Crippen LogP contribution in [0.2, 0.25) is 0 Å². The van der Waals surface area contributed by atoms with Crippen LogP contribution in [0.3, 0.4) is 0 Å². The first-order valence-corrected chi connectivity index (χ1v) is 5.94. The molecule has 0 unspecified atom stereocenters. The molecule has 0 radical (unpaired) electrons. The average Bonchev–Trinajstić information content (AvgIpc) is 2.32. The van der Waals surface area contributed by atoms with Crippen LogP contribution in [0, 0.1) is 13.8 Å². The Bertz CT molecular complexity index is 438. The van der Waals surface area contributed by atoms with Gasteiger partial charge in [-0.2, -0.15) is 0 Å². The zero-order valence-corrected chi connectivity index (χ0v) is 11.4. The topological polar surface area (TPSA) is 55.8 Å². The maximum absolute atomic E-state index is 10.5. The number of carboxylic acid groups (broad SMARTS) is 1. The Morgan fingerprint density at radius 1 is 1.28 bits per heavy atom. The number of aliphatic carboxylic acids is 1. The second kappa shape index (κ2) is 6.28. The lowest BCUT2D eigenvalue weighted by molar-refractivity contribution is -0.137. The van der Waals surface area contributed by atoms with E-state index in [-0.39, 0.29) is 6.42 Å². The number of benzene rings is 1. The fourth-order valence-electron chi connectivity index (χ4n) is 2.17. The van der Waals surface area contributed by atoms with Gasteiger partial charge in [0.05, 0.1) is 14.2 Å². The van der Waals surface area contributed by atoms with E-state index in [1.165, 1.54) is 0 Å². The van der Waals surface area contributed by atoms with Gasteiger partial charge in [0.1, 0.15) is 0 Å². The van der Waals surface area contributed by atoms with Gasteiger partial charge >= 0.3 is 5.97 Å². The Morgan fingerprint density at radius 3 is 2.44 bits per heavy atom. The normalized spacial score (nSPS) is 10.2. The summed E-state index contributed by atoms with van der Waals surface area (Å²) >= 11 is 0. The van der Waals surface area contributed by atoms with Crippen LogP contribution in [0.4, 0.5) is 0 Å². The highest BCUT2D eigenvalue weighted by Crippen LogP contribution is 2.35. The molecule has 0 heterocycles. The number of ether oxygens (including phenoxy) is 2. The van der Waals surface area contributed by atoms with Crippen molar-refractivity contribution in [2.45, 2.75) is 33.1 Å². The van der Waals surface area contributed by atoms with E-state index in [0.717, 1.165) is 34.6 Å². The Kier molecular flexibility index (Phi) is 5.01. The molecular formula is C14H20O4. The zero-order chi connectivity index (χ0) is 13.7. The highest BCUT2D eigenvalue weighted by Gasteiger charge is 2.14. The van der Waals surface area contributed by atoms with Crippen LogP contribution in [0.5, 0.6) is 11.5 Å². The summed E-state index contributed by atoms with van der Waals surface area (Å²) in [6, 6.07) is 1.93. The van der Waals surface area contributed by atoms with E-state index in [9.17, 15) is 4.79 Å². The molecule has 18 heavy (non-hydrogen) atoms. The minimum Gasteiger partial charge on any atom is -0.493 e. The summed E-state index contributed by atoms with van der Waals surface area (Å²) in [5.41, 5.74) is 3.28. The van der Waals surface area contributed by atoms with Crippen LogP contribution < -0.4 is 9.47 Å². The molecule has 0 atom stereocenters. The summed E-state index contributed by atoms with van der Waals surface area (Å²) in [6.45, 7) is 3.98. The molecule has 1 N–H and O–H groups in total. The van der Waals surface area contributed by atoms with Gasteiger partial charge in [0.15, 0.2) is 11.5 Å². The quantitative estimate of drug-likeness (QED) is 0.845. The second-order valence-electron chi connectivity index (χ2n) is 4.28. The smallest absolute Gasteiger partial charge is 0.303 e. The zero-order valence-electron chi connectivity index (χ0n) is 11.4. The summed E-state index contributed by atoms with van der Waals surface area (Å²) in [6.07, 6.45) is 1.56. The van der Waals surface area contributed by atoms with Crippen molar-refractivity contribution in [2.24, 2.45) is 0 Å². The molecule has 0 aliphatic rings. The molecule has 0 bridgehead atoms. The number of hydrogen-bond donors (Lipinski definition) is 1. The molecule has 0 saturated heterocycles. The molecule has 1 aromatic carbocycles. The van der Waals surface area contributed by atoms with E-state index < -0.39 is 5.97 Å². The summed E-state index contributed by atoms with van der Waals surface area (Å²) in [5.74, 6) is 0.689. The SMILES string of the molecule is COc1cc(C)c(CCCC(=O)O)c(C)c1OC. The molecule has 0 saturated carbocycles. The van der Waals surface area contributed by atoms with Gasteiger partial charge < -0.3 is 14.6 Å². The monoisotopic (exact) mass is 252 g/mol. The largest absolute Gasteiger partial charge is 0.493 e. The molecule has 4 heteroatoms. The van der Waals surface area contributed by atoms with Crippen molar-refractivity contribution < 1.29 is 19.4 Å². The number of methoxy groups -OCH3 is 2. The van der Waals surface area contributed by atoms with Crippen LogP contribution in [-0.4, -0.2) is 25.3 Å². The van der Waals surface area contributed by atoms with Crippen molar-refractivity contribution in [3.8, 4) is 11.5 Å². The summed E-state index contributed by atoms with van der Waals surface area (Å²) in [5, 5.41) is 8.67. The van der Waals surface area contributed by atoms with Crippen LogP contribution in [-0.2, 0) is 11.2 Å². The fraction of sp³-hybridized carbons (Fsp3) is 0.500. The molecule has 0 spiro atoms. The van der Waals surface area contributed by atoms with Gasteiger partial charge in [0, 0.05) is 6.42 Å². The van der Waals surface area contributed by atoms with E-state index in [1.807, 2.05) is 19.9 Å². The molecule has 100 valence electrons. The molecule has 0 aliphatic heterocycles. The first-order chi connectivity index (χ1) is 8.51. The van der Waals surface area contributed by atoms with Gasteiger partial charge in [-0.1, -0.05) is 0 Å². The number of aryl methyl sites for hydroxylation is 1. The van der Waals surface area contributed by atoms with Crippen molar-refractivity contribution in [1.82, 2.24) is 0 Å². The lowest BCUT2D eigenvalue weighted by Crippen LogP contribution is -2.02. The molecule has 0 aromatic heterocycles. The predicted octanol–water partition coefficient (Wildman–Crippen LogP) is 2.73. The number of rotatable bonds is 6. The molecule has 1 aromatic rings. The fourth-order valence-corrected chi connectivity index (χ4v) is 2.17. The summed E-state index contributed by atoms with van der Waals surface area (Å²) < 4.78 is 10.6. The minimum absolute atomic E-state index is 0.188. The van der Waals surface area contributed by atoms with E-state index in [1.54, 1.807) is 14.2 Å². The third-order valence-corrected chi connectivity index (χ3v) is 3.08. The first-order valence-electron chi connectivity index (χ1n) is 5.94. The third-order valence-electron chi connectivity index (χ3n) is 3.08. The van der Waals surface area contributed by atoms with Crippen molar-refractivity contribution in [3.05, 3.63) is 22.8 Å². The van der Waals surface area contributed by atoms with Crippen molar-refractivity contribution >= 4 is 5.97 Å². The van der Waals surface area contributed by atoms with Gasteiger partial charge in [0.25, 0.3) is 0 Å². The molecule has 0 fully saturated rings. The van der Waals surface area contributed by atoms with Gasteiger partial charge in [-0.25, -0.2) is 0 Å². The van der Waals surface area contributed by atoms with Gasteiger partial charge in [-0.05, 0) is 49.4 Å². The summed E-state index contributed by atoms with van der Waals surface area (Å²) in [4.78, 5) is 10.5. The van der Waals surface area contributed by atoms with Crippen molar-refractivity contribution in [2.75, 3.05) is 14.2 Å². The van der Waals surface area contributed by atoms with E-state index >= 15 is 0 Å². The standard InChI is InChI=1S/C14H20O4/c1-9-8-12(17-3)14(18-4)10(2)11(9)6-5-7-13(15)16/h8H,5-7H2,1-4H3,(H,15,16). The Hall–Kier alpha value is -1.71. The van der Waals surface area contributed by atoms with Gasteiger partial charge in [-0.3, -0.25) is 4.79 Å². The van der Waals surface area contributed by atoms with Crippen molar-refractivity contribution in [1.29, 1.82) is 0 Å². The Balaban J connectivity index is 3.00. The number of carboxylic acids is 1. The Labute approximate surface area is 108 Å². The van der Waals surface area contributed by atoms with Crippen LogP contribution in [0.25, 0.3) is 0 Å².